The van der Waals surface area contributed by atoms with Crippen LogP contribution in [-0.2, 0) is 4.79 Å². The van der Waals surface area contributed by atoms with Crippen molar-refractivity contribution in [3.05, 3.63) is 0 Å². The maximum absolute atomic E-state index is 10.4. The van der Waals surface area contributed by atoms with Gasteiger partial charge in [-0.1, -0.05) is 135 Å². The summed E-state index contributed by atoms with van der Waals surface area (Å²) < 4.78 is 0. The van der Waals surface area contributed by atoms with E-state index < -0.39 is 5.97 Å². The molecule has 0 aromatic carbocycles. The van der Waals surface area contributed by atoms with E-state index in [1.165, 1.54) is 135 Å². The minimum atomic E-state index is -0.658. The standard InChI is InChI=1S/C28H56O3/c1-2-3-4-5-17-20-23-27(26-29)24-21-18-15-13-11-9-7-6-8-10-12-14-16-19-22-25-28(30)31/h27,29H,2-26H2,1H3,(H,30,31). The summed E-state index contributed by atoms with van der Waals surface area (Å²) in [4.78, 5) is 10.4. The number of hydrogen-bond acceptors (Lipinski definition) is 2. The Hall–Kier alpha value is -0.570. The Morgan fingerprint density at radius 3 is 1.19 bits per heavy atom. The highest BCUT2D eigenvalue weighted by molar-refractivity contribution is 5.66. The summed E-state index contributed by atoms with van der Waals surface area (Å²) in [5.74, 6) is -0.106. The van der Waals surface area contributed by atoms with Gasteiger partial charge in [0.15, 0.2) is 0 Å². The first-order chi connectivity index (χ1) is 15.2. The molecule has 0 spiro atoms. The molecule has 3 nitrogen and oxygen atoms in total. The van der Waals surface area contributed by atoms with Crippen molar-refractivity contribution in [1.82, 2.24) is 0 Å². The van der Waals surface area contributed by atoms with Gasteiger partial charge in [-0.3, -0.25) is 4.79 Å². The molecule has 0 aromatic rings. The second-order valence-electron chi connectivity index (χ2n) is 9.84. The zero-order valence-electron chi connectivity index (χ0n) is 21.1. The molecule has 0 saturated heterocycles. The summed E-state index contributed by atoms with van der Waals surface area (Å²) in [5.41, 5.74) is 0. The van der Waals surface area contributed by atoms with Gasteiger partial charge in [0.1, 0.15) is 0 Å². The minimum Gasteiger partial charge on any atom is -0.481 e. The Morgan fingerprint density at radius 2 is 0.871 bits per heavy atom. The van der Waals surface area contributed by atoms with Crippen LogP contribution in [0.2, 0.25) is 0 Å². The Kier molecular flexibility index (Phi) is 25.2. The van der Waals surface area contributed by atoms with Crippen LogP contribution in [0.25, 0.3) is 0 Å². The molecular weight excluding hydrogens is 384 g/mol. The lowest BCUT2D eigenvalue weighted by Crippen LogP contribution is -2.06. The predicted molar refractivity (Wildman–Crippen MR) is 135 cm³/mol. The normalized spacial score (nSPS) is 12.3. The molecule has 0 rings (SSSR count). The molecule has 186 valence electrons. The average Bonchev–Trinajstić information content (AvgIpc) is 2.76. The molecule has 0 amide bonds. The molecule has 0 fully saturated rings. The van der Waals surface area contributed by atoms with E-state index in [1.807, 2.05) is 0 Å². The summed E-state index contributed by atoms with van der Waals surface area (Å²) >= 11 is 0. The van der Waals surface area contributed by atoms with Crippen molar-refractivity contribution >= 4 is 5.97 Å². The first kappa shape index (κ1) is 30.4. The van der Waals surface area contributed by atoms with Crippen LogP contribution in [0.3, 0.4) is 0 Å². The molecule has 0 aromatic heterocycles. The van der Waals surface area contributed by atoms with Crippen LogP contribution >= 0.6 is 0 Å². The van der Waals surface area contributed by atoms with Crippen LogP contribution in [0.4, 0.5) is 0 Å². The predicted octanol–water partition coefficient (Wildman–Crippen LogP) is 9.06. The maximum atomic E-state index is 10.4. The molecule has 0 bridgehead atoms. The maximum Gasteiger partial charge on any atom is 0.303 e. The molecule has 3 heteroatoms. The number of aliphatic hydroxyl groups is 1. The van der Waals surface area contributed by atoms with Crippen molar-refractivity contribution in [2.45, 2.75) is 161 Å². The second kappa shape index (κ2) is 25.7. The largest absolute Gasteiger partial charge is 0.481 e. The van der Waals surface area contributed by atoms with Gasteiger partial charge in [-0.15, -0.1) is 0 Å². The molecule has 0 aliphatic rings. The molecule has 0 saturated carbocycles. The Bertz CT molecular complexity index is 356. The van der Waals surface area contributed by atoms with Gasteiger partial charge >= 0.3 is 5.97 Å². The van der Waals surface area contributed by atoms with Crippen molar-refractivity contribution in [1.29, 1.82) is 0 Å². The van der Waals surface area contributed by atoms with Crippen LogP contribution in [0, 0.1) is 5.92 Å². The minimum absolute atomic E-state index is 0.336. The number of aliphatic carboxylic acids is 1. The number of unbranched alkanes of at least 4 members (excludes halogenated alkanes) is 19. The van der Waals surface area contributed by atoms with Gasteiger partial charge < -0.3 is 10.2 Å². The smallest absolute Gasteiger partial charge is 0.303 e. The lowest BCUT2D eigenvalue weighted by atomic mass is 9.95. The molecule has 31 heavy (non-hydrogen) atoms. The monoisotopic (exact) mass is 440 g/mol. The number of aliphatic hydroxyl groups excluding tert-OH is 1. The fourth-order valence-corrected chi connectivity index (χ4v) is 4.55. The molecule has 1 atom stereocenters. The molecule has 0 radical (unpaired) electrons. The van der Waals surface area contributed by atoms with E-state index >= 15 is 0 Å². The summed E-state index contributed by atoms with van der Waals surface area (Å²) in [6.07, 6.45) is 30.3. The van der Waals surface area contributed by atoms with E-state index in [4.69, 9.17) is 5.11 Å². The average molecular weight is 441 g/mol. The quantitative estimate of drug-likeness (QED) is 0.132. The van der Waals surface area contributed by atoms with Gasteiger partial charge in [-0.25, -0.2) is 0 Å². The third kappa shape index (κ3) is 25.6. The zero-order chi connectivity index (χ0) is 22.8. The van der Waals surface area contributed by atoms with Crippen LogP contribution in [0.1, 0.15) is 161 Å². The lowest BCUT2D eigenvalue weighted by Gasteiger charge is -2.13. The molecule has 0 aliphatic heterocycles. The van der Waals surface area contributed by atoms with Gasteiger partial charge in [-0.05, 0) is 25.2 Å². The number of hydrogen-bond donors (Lipinski definition) is 2. The third-order valence-corrected chi connectivity index (χ3v) is 6.73. The highest BCUT2D eigenvalue weighted by Gasteiger charge is 2.07. The highest BCUT2D eigenvalue weighted by atomic mass is 16.4. The Labute approximate surface area is 194 Å². The van der Waals surface area contributed by atoms with E-state index in [9.17, 15) is 9.90 Å². The van der Waals surface area contributed by atoms with Gasteiger partial charge in [0, 0.05) is 13.0 Å². The van der Waals surface area contributed by atoms with E-state index in [2.05, 4.69) is 6.92 Å². The SMILES string of the molecule is CCCCCCCCC(CO)CCCCCCCCCCCCCCCCCC(=O)O. The van der Waals surface area contributed by atoms with Crippen molar-refractivity contribution < 1.29 is 15.0 Å². The van der Waals surface area contributed by atoms with Gasteiger partial charge in [0.05, 0.1) is 0 Å². The molecule has 0 heterocycles. The van der Waals surface area contributed by atoms with E-state index in [0.717, 1.165) is 12.8 Å². The van der Waals surface area contributed by atoms with Gasteiger partial charge in [0.25, 0.3) is 0 Å². The Morgan fingerprint density at radius 1 is 0.548 bits per heavy atom. The van der Waals surface area contributed by atoms with Crippen LogP contribution in [0.15, 0.2) is 0 Å². The van der Waals surface area contributed by atoms with Crippen LogP contribution < -0.4 is 0 Å². The van der Waals surface area contributed by atoms with Gasteiger partial charge in [-0.2, -0.15) is 0 Å². The van der Waals surface area contributed by atoms with Crippen molar-refractivity contribution in [2.75, 3.05) is 6.61 Å². The van der Waals surface area contributed by atoms with E-state index in [1.54, 1.807) is 0 Å². The third-order valence-electron chi connectivity index (χ3n) is 6.73. The van der Waals surface area contributed by atoms with E-state index in [0.29, 0.717) is 18.9 Å². The first-order valence-corrected chi connectivity index (χ1v) is 14.0. The molecular formula is C28H56O3. The zero-order valence-corrected chi connectivity index (χ0v) is 21.1. The number of carboxylic acid groups (broad SMARTS) is 1. The number of rotatable bonds is 26. The fraction of sp³-hybridized carbons (Fsp3) is 0.964. The van der Waals surface area contributed by atoms with E-state index in [-0.39, 0.29) is 0 Å². The number of carbonyl (C=O) groups is 1. The van der Waals surface area contributed by atoms with Crippen LogP contribution in [-0.4, -0.2) is 22.8 Å². The van der Waals surface area contributed by atoms with Crippen LogP contribution in [0.5, 0.6) is 0 Å². The van der Waals surface area contributed by atoms with Gasteiger partial charge in [0.2, 0.25) is 0 Å². The van der Waals surface area contributed by atoms with Crippen molar-refractivity contribution in [2.24, 2.45) is 5.92 Å². The molecule has 0 aliphatic carbocycles. The summed E-state index contributed by atoms with van der Waals surface area (Å²) in [6.45, 7) is 2.66. The Balaban J connectivity index is 3.22. The molecule has 2 N–H and O–H groups in total. The topological polar surface area (TPSA) is 57.5 Å². The summed E-state index contributed by atoms with van der Waals surface area (Å²) in [7, 11) is 0. The number of carboxylic acids is 1. The fourth-order valence-electron chi connectivity index (χ4n) is 4.55. The highest BCUT2D eigenvalue weighted by Crippen LogP contribution is 2.19. The lowest BCUT2D eigenvalue weighted by molar-refractivity contribution is -0.137. The summed E-state index contributed by atoms with van der Waals surface area (Å²) in [6, 6.07) is 0. The first-order valence-electron chi connectivity index (χ1n) is 14.0. The van der Waals surface area contributed by atoms with Crippen molar-refractivity contribution in [3.63, 3.8) is 0 Å². The summed E-state index contributed by atoms with van der Waals surface area (Å²) in [5, 5.41) is 18.2. The van der Waals surface area contributed by atoms with Crippen molar-refractivity contribution in [3.8, 4) is 0 Å². The second-order valence-corrected chi connectivity index (χ2v) is 9.84. The molecule has 1 unspecified atom stereocenters.